The van der Waals surface area contributed by atoms with Gasteiger partial charge in [-0.25, -0.2) is 14.4 Å². The van der Waals surface area contributed by atoms with Crippen LogP contribution in [0.25, 0.3) is 11.1 Å². The second-order valence-corrected chi connectivity index (χ2v) is 10.1. The number of amides is 1. The topological polar surface area (TPSA) is 67.2 Å². The van der Waals surface area contributed by atoms with Crippen LogP contribution in [-0.4, -0.2) is 25.8 Å². The van der Waals surface area contributed by atoms with Gasteiger partial charge in [0.1, 0.15) is 12.1 Å². The molecular weight excluding hydrogens is 411 g/mol. The summed E-state index contributed by atoms with van der Waals surface area (Å²) in [5, 5.41) is 3.51. The minimum atomic E-state index is -0.633. The van der Waals surface area contributed by atoms with Crippen LogP contribution in [0, 0.1) is 5.82 Å². The molecule has 1 aliphatic rings. The lowest BCUT2D eigenvalue weighted by Crippen LogP contribution is -2.41. The van der Waals surface area contributed by atoms with E-state index in [0.29, 0.717) is 21.9 Å². The van der Waals surface area contributed by atoms with E-state index in [0.717, 1.165) is 12.0 Å². The summed E-state index contributed by atoms with van der Waals surface area (Å²) < 4.78 is 14.4. The number of hydrogen-bond acceptors (Lipinski definition) is 5. The first-order valence-electron chi connectivity index (χ1n) is 9.96. The molecule has 2 aromatic carbocycles. The molecule has 0 bridgehead atoms. The van der Waals surface area contributed by atoms with Crippen LogP contribution in [0.15, 0.2) is 72.2 Å². The number of thioether (sulfide) groups is 1. The molecule has 1 atom stereocenters. The van der Waals surface area contributed by atoms with Gasteiger partial charge in [0, 0.05) is 33.8 Å². The van der Waals surface area contributed by atoms with Gasteiger partial charge in [-0.3, -0.25) is 9.79 Å². The predicted octanol–water partition coefficient (Wildman–Crippen LogP) is 5.20. The van der Waals surface area contributed by atoms with Crippen molar-refractivity contribution in [3.05, 3.63) is 84.2 Å². The van der Waals surface area contributed by atoms with E-state index in [2.05, 4.69) is 29.1 Å². The maximum atomic E-state index is 14.6. The van der Waals surface area contributed by atoms with Gasteiger partial charge in [0.25, 0.3) is 5.91 Å². The third-order valence-electron chi connectivity index (χ3n) is 5.21. The summed E-state index contributed by atoms with van der Waals surface area (Å²) in [5.74, 6) is -0.540. The molecule has 3 aromatic rings. The van der Waals surface area contributed by atoms with E-state index in [1.54, 1.807) is 36.7 Å². The Morgan fingerprint density at radius 1 is 1.06 bits per heavy atom. The minimum absolute atomic E-state index is 0.180. The summed E-state index contributed by atoms with van der Waals surface area (Å²) >= 11 is 1.54. The van der Waals surface area contributed by atoms with E-state index in [1.807, 2.05) is 25.1 Å². The van der Waals surface area contributed by atoms with Crippen LogP contribution in [0.5, 0.6) is 0 Å². The SMILES string of the molecule is CC1(C)C[C@@](C)(c2ccc(F)c(-c3cncnc3)c2)N=C(NC(=O)c2ccccc2)S1. The molecule has 1 amide bonds. The highest BCUT2D eigenvalue weighted by molar-refractivity contribution is 8.15. The van der Waals surface area contributed by atoms with Crippen molar-refractivity contribution in [2.24, 2.45) is 4.99 Å². The fourth-order valence-corrected chi connectivity index (χ4v) is 5.18. The molecule has 5 nitrogen and oxygen atoms in total. The first-order valence-corrected chi connectivity index (χ1v) is 10.8. The largest absolute Gasteiger partial charge is 0.301 e. The van der Waals surface area contributed by atoms with Crippen LogP contribution in [-0.2, 0) is 5.54 Å². The molecule has 0 aliphatic carbocycles. The van der Waals surface area contributed by atoms with Crippen molar-refractivity contribution in [3.63, 3.8) is 0 Å². The number of nitrogens with one attached hydrogen (secondary N) is 1. The molecule has 0 radical (unpaired) electrons. The van der Waals surface area contributed by atoms with Gasteiger partial charge in [0.05, 0.1) is 5.54 Å². The van der Waals surface area contributed by atoms with Gasteiger partial charge in [0.2, 0.25) is 0 Å². The molecule has 0 spiro atoms. The number of aliphatic imine (C=N–C) groups is 1. The highest BCUT2D eigenvalue weighted by Gasteiger charge is 2.40. The van der Waals surface area contributed by atoms with E-state index in [-0.39, 0.29) is 16.5 Å². The Morgan fingerprint density at radius 3 is 2.48 bits per heavy atom. The smallest absolute Gasteiger partial charge is 0.257 e. The molecular formula is C24H23FN4OS. The van der Waals surface area contributed by atoms with E-state index in [4.69, 9.17) is 4.99 Å². The first kappa shape index (κ1) is 21.2. The molecule has 31 heavy (non-hydrogen) atoms. The Morgan fingerprint density at radius 2 is 1.77 bits per heavy atom. The summed E-state index contributed by atoms with van der Waals surface area (Å²) in [5.41, 5.74) is 1.85. The predicted molar refractivity (Wildman–Crippen MR) is 122 cm³/mol. The summed E-state index contributed by atoms with van der Waals surface area (Å²) in [4.78, 5) is 25.6. The number of benzene rings is 2. The van der Waals surface area contributed by atoms with Gasteiger partial charge in [-0.2, -0.15) is 0 Å². The Kier molecular flexibility index (Phi) is 5.62. The number of carbonyl (C=O) groups is 1. The molecule has 7 heteroatoms. The van der Waals surface area contributed by atoms with Crippen molar-refractivity contribution in [2.45, 2.75) is 37.5 Å². The van der Waals surface area contributed by atoms with Gasteiger partial charge in [-0.15, -0.1) is 0 Å². The number of nitrogens with zero attached hydrogens (tertiary/aromatic N) is 3. The monoisotopic (exact) mass is 434 g/mol. The van der Waals surface area contributed by atoms with Crippen LogP contribution in [0.2, 0.25) is 0 Å². The minimum Gasteiger partial charge on any atom is -0.301 e. The van der Waals surface area contributed by atoms with Crippen LogP contribution in [0.1, 0.15) is 43.1 Å². The van der Waals surface area contributed by atoms with Crippen molar-refractivity contribution >= 4 is 22.8 Å². The van der Waals surface area contributed by atoms with Crippen molar-refractivity contribution in [2.75, 3.05) is 0 Å². The van der Waals surface area contributed by atoms with Crippen molar-refractivity contribution in [1.29, 1.82) is 0 Å². The molecule has 4 rings (SSSR count). The molecule has 0 unspecified atom stereocenters. The zero-order chi connectivity index (χ0) is 22.1. The Bertz CT molecular complexity index is 1130. The van der Waals surface area contributed by atoms with Crippen LogP contribution in [0.3, 0.4) is 0 Å². The number of carbonyl (C=O) groups excluding carboxylic acids is 1. The zero-order valence-electron chi connectivity index (χ0n) is 17.6. The third-order valence-corrected chi connectivity index (χ3v) is 6.29. The van der Waals surface area contributed by atoms with Gasteiger partial charge in [-0.05, 0) is 43.2 Å². The fourth-order valence-electron chi connectivity index (χ4n) is 3.91. The molecule has 1 aromatic heterocycles. The average molecular weight is 435 g/mol. The highest BCUT2D eigenvalue weighted by Crippen LogP contribution is 2.46. The maximum Gasteiger partial charge on any atom is 0.257 e. The van der Waals surface area contributed by atoms with E-state index < -0.39 is 5.54 Å². The normalized spacial score (nSPS) is 20.1. The Hall–Kier alpha value is -3.06. The van der Waals surface area contributed by atoms with Crippen molar-refractivity contribution in [1.82, 2.24) is 15.3 Å². The number of hydrogen-bond donors (Lipinski definition) is 1. The Balaban J connectivity index is 1.71. The Labute approximate surface area is 185 Å². The zero-order valence-corrected chi connectivity index (χ0v) is 18.4. The van der Waals surface area contributed by atoms with Crippen LogP contribution < -0.4 is 5.32 Å². The van der Waals surface area contributed by atoms with Gasteiger partial charge >= 0.3 is 0 Å². The highest BCUT2D eigenvalue weighted by atomic mass is 32.2. The average Bonchev–Trinajstić information content (AvgIpc) is 2.74. The quantitative estimate of drug-likeness (QED) is 0.615. The van der Waals surface area contributed by atoms with Gasteiger partial charge < -0.3 is 5.32 Å². The van der Waals surface area contributed by atoms with Gasteiger partial charge in [-0.1, -0.05) is 49.9 Å². The van der Waals surface area contributed by atoms with Crippen molar-refractivity contribution in [3.8, 4) is 11.1 Å². The molecule has 0 fully saturated rings. The molecule has 1 aliphatic heterocycles. The molecule has 0 saturated heterocycles. The lowest BCUT2D eigenvalue weighted by molar-refractivity contribution is 0.0977. The second-order valence-electron chi connectivity index (χ2n) is 8.37. The third kappa shape index (κ3) is 4.66. The number of halogens is 1. The molecule has 1 N–H and O–H groups in total. The van der Waals surface area contributed by atoms with Crippen LogP contribution >= 0.6 is 11.8 Å². The molecule has 2 heterocycles. The lowest BCUT2D eigenvalue weighted by atomic mass is 9.83. The summed E-state index contributed by atoms with van der Waals surface area (Å²) in [6.45, 7) is 6.26. The summed E-state index contributed by atoms with van der Waals surface area (Å²) in [6, 6.07) is 14.1. The summed E-state index contributed by atoms with van der Waals surface area (Å²) in [7, 11) is 0. The number of rotatable bonds is 3. The fraction of sp³-hybridized carbons (Fsp3) is 0.250. The van der Waals surface area contributed by atoms with E-state index >= 15 is 0 Å². The summed E-state index contributed by atoms with van der Waals surface area (Å²) in [6.07, 6.45) is 5.32. The van der Waals surface area contributed by atoms with Crippen LogP contribution in [0.4, 0.5) is 4.39 Å². The first-order chi connectivity index (χ1) is 14.8. The standard InChI is InChI=1S/C24H23FN4OS/c1-23(2)14-24(3,29-22(31-23)28-21(30)16-7-5-4-6-8-16)18-9-10-20(25)19(11-18)17-12-26-15-27-13-17/h4-13,15H,14H2,1-3H3,(H,28,29,30)/t24-/m0/s1. The molecule has 0 saturated carbocycles. The molecule has 158 valence electrons. The maximum absolute atomic E-state index is 14.6. The van der Waals surface area contributed by atoms with E-state index in [1.165, 1.54) is 24.2 Å². The van der Waals surface area contributed by atoms with E-state index in [9.17, 15) is 9.18 Å². The number of aromatic nitrogens is 2. The van der Waals surface area contributed by atoms with Crippen molar-refractivity contribution < 1.29 is 9.18 Å². The van der Waals surface area contributed by atoms with Gasteiger partial charge in [0.15, 0.2) is 5.17 Å². The number of amidine groups is 1. The second kappa shape index (κ2) is 8.23. The lowest BCUT2D eigenvalue weighted by Gasteiger charge is -2.40.